The number of carbonyl (C=O) groups excluding carboxylic acids is 1. The highest BCUT2D eigenvalue weighted by Gasteiger charge is 2.33. The minimum atomic E-state index is -3.33. The maximum Gasteiger partial charge on any atom is 0.323 e. The van der Waals surface area contributed by atoms with Crippen molar-refractivity contribution in [2.24, 2.45) is 0 Å². The molecule has 0 spiro atoms. The van der Waals surface area contributed by atoms with Crippen molar-refractivity contribution in [2.75, 3.05) is 18.8 Å². The lowest BCUT2D eigenvalue weighted by atomic mass is 10.1. The summed E-state index contributed by atoms with van der Waals surface area (Å²) in [6.07, 6.45) is 1.64. The summed E-state index contributed by atoms with van der Waals surface area (Å²) in [6.45, 7) is 0.447. The number of benzene rings is 1. The van der Waals surface area contributed by atoms with Crippen LogP contribution in [0.1, 0.15) is 27.7 Å². The number of nitrogens with zero attached hydrogens (tertiary/aromatic N) is 1. The van der Waals surface area contributed by atoms with Gasteiger partial charge in [0.1, 0.15) is 5.69 Å². The van der Waals surface area contributed by atoms with Gasteiger partial charge in [-0.15, -0.1) is 0 Å². The molecule has 1 aliphatic rings. The van der Waals surface area contributed by atoms with Crippen LogP contribution in [0.3, 0.4) is 0 Å². The monoisotopic (exact) mass is 335 g/mol. The third kappa shape index (κ3) is 3.21. The van der Waals surface area contributed by atoms with Gasteiger partial charge in [-0.1, -0.05) is 30.3 Å². The van der Waals surface area contributed by atoms with E-state index in [1.165, 1.54) is 11.1 Å². The number of amides is 1. The zero-order valence-corrected chi connectivity index (χ0v) is 13.2. The Kier molecular flexibility index (Phi) is 4.08. The van der Waals surface area contributed by atoms with E-state index in [4.69, 9.17) is 0 Å². The Morgan fingerprint density at radius 1 is 1.17 bits per heavy atom. The van der Waals surface area contributed by atoms with Crippen LogP contribution in [0.4, 0.5) is 0 Å². The van der Waals surface area contributed by atoms with Gasteiger partial charge in [-0.3, -0.25) is 4.79 Å². The molecule has 1 atom stereocenters. The number of hydrogen-bond acceptors (Lipinski definition) is 4. The van der Waals surface area contributed by atoms with Crippen LogP contribution in [-0.2, 0) is 9.84 Å². The maximum absolute atomic E-state index is 12.5. The number of sulfone groups is 1. The fraction of sp³-hybridized carbons (Fsp3) is 0.333. The molecule has 0 bridgehead atoms. The molecule has 3 rings (SSSR count). The molecule has 2 heterocycles. The minimum Gasteiger partial charge on any atom is -0.336 e. The number of H-pyrrole nitrogens is 2. The molecule has 1 aromatic heterocycles. The number of imidazole rings is 1. The van der Waals surface area contributed by atoms with Gasteiger partial charge >= 0.3 is 5.69 Å². The molecule has 23 heavy (non-hydrogen) atoms. The topological polar surface area (TPSA) is 103 Å². The first kappa shape index (κ1) is 15.5. The quantitative estimate of drug-likeness (QED) is 0.843. The molecule has 1 amide bonds. The largest absolute Gasteiger partial charge is 0.336 e. The van der Waals surface area contributed by atoms with Crippen LogP contribution in [0.25, 0.3) is 0 Å². The van der Waals surface area contributed by atoms with Crippen molar-refractivity contribution in [1.29, 1.82) is 0 Å². The van der Waals surface area contributed by atoms with Crippen molar-refractivity contribution in [3.05, 3.63) is 58.3 Å². The maximum atomic E-state index is 12.5. The molecule has 0 saturated carbocycles. The van der Waals surface area contributed by atoms with Gasteiger partial charge in [0.05, 0.1) is 11.0 Å². The van der Waals surface area contributed by atoms with Crippen molar-refractivity contribution < 1.29 is 13.2 Å². The van der Waals surface area contributed by atoms with Gasteiger partial charge < -0.3 is 14.9 Å². The highest BCUT2D eigenvalue weighted by molar-refractivity contribution is 7.91. The first-order valence-corrected chi connectivity index (χ1v) is 9.02. The van der Waals surface area contributed by atoms with E-state index in [0.29, 0.717) is 13.0 Å². The van der Waals surface area contributed by atoms with Crippen LogP contribution in [0.2, 0.25) is 0 Å². The van der Waals surface area contributed by atoms with E-state index >= 15 is 0 Å². The average Bonchev–Trinajstić information content (AvgIpc) is 2.90. The number of nitrogens with one attached hydrogen (secondary N) is 2. The number of carbonyl (C=O) groups is 1. The highest BCUT2D eigenvalue weighted by Crippen LogP contribution is 2.29. The molecule has 2 aromatic rings. The molecular formula is C15H17N3O4S. The Morgan fingerprint density at radius 2 is 1.91 bits per heavy atom. The van der Waals surface area contributed by atoms with Crippen molar-refractivity contribution >= 4 is 15.7 Å². The second-order valence-corrected chi connectivity index (χ2v) is 7.81. The van der Waals surface area contributed by atoms with E-state index in [-0.39, 0.29) is 23.9 Å². The molecule has 1 aromatic carbocycles. The fourth-order valence-electron chi connectivity index (χ4n) is 2.81. The number of rotatable bonds is 2. The van der Waals surface area contributed by atoms with Crippen molar-refractivity contribution in [1.82, 2.24) is 14.9 Å². The van der Waals surface area contributed by atoms with Crippen LogP contribution in [0.15, 0.2) is 41.3 Å². The van der Waals surface area contributed by atoms with Gasteiger partial charge in [-0.05, 0) is 12.0 Å². The summed E-state index contributed by atoms with van der Waals surface area (Å²) in [5.74, 6) is -0.459. The summed E-state index contributed by atoms with van der Waals surface area (Å²) in [4.78, 5) is 29.7. The van der Waals surface area contributed by atoms with E-state index in [0.717, 1.165) is 5.56 Å². The lowest BCUT2D eigenvalue weighted by molar-refractivity contribution is 0.0761. The first-order valence-electron chi connectivity index (χ1n) is 7.31. The smallest absolute Gasteiger partial charge is 0.323 e. The lowest BCUT2D eigenvalue weighted by Gasteiger charge is -2.19. The number of aromatic amines is 2. The van der Waals surface area contributed by atoms with Crippen molar-refractivity contribution in [2.45, 2.75) is 11.7 Å². The zero-order chi connectivity index (χ0) is 16.4. The van der Waals surface area contributed by atoms with Gasteiger partial charge in [0, 0.05) is 19.3 Å². The summed E-state index contributed by atoms with van der Waals surface area (Å²) in [5.41, 5.74) is 0.431. The zero-order valence-electron chi connectivity index (χ0n) is 12.4. The molecule has 1 aliphatic heterocycles. The summed E-state index contributed by atoms with van der Waals surface area (Å²) >= 11 is 0. The van der Waals surface area contributed by atoms with Crippen molar-refractivity contribution in [3.63, 3.8) is 0 Å². The molecule has 0 aliphatic carbocycles. The van der Waals surface area contributed by atoms with Crippen LogP contribution in [0, 0.1) is 0 Å². The predicted octanol–water partition coefficient (Wildman–Crippen LogP) is 0.705. The van der Waals surface area contributed by atoms with Crippen molar-refractivity contribution in [3.8, 4) is 0 Å². The van der Waals surface area contributed by atoms with Gasteiger partial charge in [-0.2, -0.15) is 0 Å². The first-order chi connectivity index (χ1) is 11.0. The summed E-state index contributed by atoms with van der Waals surface area (Å²) in [6, 6.07) is 9.05. The Morgan fingerprint density at radius 3 is 2.57 bits per heavy atom. The Labute approximate surface area is 133 Å². The summed E-state index contributed by atoms with van der Waals surface area (Å²) in [7, 11) is -3.33. The second-order valence-electron chi connectivity index (χ2n) is 5.50. The molecular weight excluding hydrogens is 318 g/mol. The highest BCUT2D eigenvalue weighted by atomic mass is 32.2. The molecule has 122 valence electrons. The Hall–Kier alpha value is -2.35. The Bertz CT molecular complexity index is 854. The van der Waals surface area contributed by atoms with E-state index in [2.05, 4.69) is 9.97 Å². The van der Waals surface area contributed by atoms with Crippen LogP contribution in [-0.4, -0.2) is 48.0 Å². The Balaban J connectivity index is 1.83. The number of aromatic nitrogens is 2. The summed E-state index contributed by atoms with van der Waals surface area (Å²) < 4.78 is 25.0. The molecule has 1 fully saturated rings. The van der Waals surface area contributed by atoms with Crippen LogP contribution in [0.5, 0.6) is 0 Å². The third-order valence-corrected chi connectivity index (χ3v) is 6.15. The average molecular weight is 335 g/mol. The predicted molar refractivity (Wildman–Crippen MR) is 84.9 cm³/mol. The molecule has 8 heteroatoms. The van der Waals surface area contributed by atoms with Gasteiger partial charge in [0.2, 0.25) is 0 Å². The standard InChI is InChI=1S/C15H17N3O4S/c19-14(12-10-16-15(20)17-12)18-7-6-13(23(21,22)9-8-18)11-4-2-1-3-5-11/h1-5,10,13H,6-9H2,(H2,16,17,20)/t13-/m1/s1. The molecule has 2 N–H and O–H groups in total. The van der Waals surface area contributed by atoms with Gasteiger partial charge in [0.15, 0.2) is 9.84 Å². The molecule has 0 radical (unpaired) electrons. The SMILES string of the molecule is O=C(c1c[nH]c(=O)[nH]1)N1CC[C@H](c2ccccc2)S(=O)(=O)CC1. The fourth-order valence-corrected chi connectivity index (χ4v) is 4.60. The number of hydrogen-bond donors (Lipinski definition) is 2. The van der Waals surface area contributed by atoms with E-state index < -0.39 is 20.8 Å². The summed E-state index contributed by atoms with van der Waals surface area (Å²) in [5, 5.41) is -0.605. The molecule has 1 saturated heterocycles. The second kappa shape index (κ2) is 6.04. The van der Waals surface area contributed by atoms with Gasteiger partial charge in [0.25, 0.3) is 5.91 Å². The third-order valence-electron chi connectivity index (χ3n) is 4.03. The van der Waals surface area contributed by atoms with E-state index in [1.807, 2.05) is 18.2 Å². The van der Waals surface area contributed by atoms with Gasteiger partial charge in [-0.25, -0.2) is 13.2 Å². The molecule has 7 nitrogen and oxygen atoms in total. The van der Waals surface area contributed by atoms with Crippen LogP contribution < -0.4 is 5.69 Å². The van der Waals surface area contributed by atoms with E-state index in [1.54, 1.807) is 12.1 Å². The van der Waals surface area contributed by atoms with E-state index in [9.17, 15) is 18.0 Å². The minimum absolute atomic E-state index is 0.0903. The lowest BCUT2D eigenvalue weighted by Crippen LogP contribution is -2.34. The van der Waals surface area contributed by atoms with Crippen LogP contribution >= 0.6 is 0 Å². The molecule has 0 unspecified atom stereocenters. The normalized spacial score (nSPS) is 20.9.